The van der Waals surface area contributed by atoms with Gasteiger partial charge < -0.3 is 5.32 Å². The summed E-state index contributed by atoms with van der Waals surface area (Å²) in [6.45, 7) is 6.43. The van der Waals surface area contributed by atoms with Crippen molar-refractivity contribution in [2.24, 2.45) is 0 Å². The molecule has 0 aliphatic carbocycles. The van der Waals surface area contributed by atoms with Crippen molar-refractivity contribution in [1.82, 2.24) is 15.1 Å². The van der Waals surface area contributed by atoms with Crippen LogP contribution in [0.5, 0.6) is 0 Å². The van der Waals surface area contributed by atoms with Crippen LogP contribution in [-0.4, -0.2) is 16.3 Å². The van der Waals surface area contributed by atoms with E-state index in [9.17, 15) is 0 Å². The van der Waals surface area contributed by atoms with E-state index in [0.29, 0.717) is 6.04 Å². The molecule has 0 spiro atoms. The molecule has 0 bridgehead atoms. The van der Waals surface area contributed by atoms with E-state index in [1.165, 1.54) is 11.3 Å². The molecule has 0 fully saturated rings. The second-order valence-electron chi connectivity index (χ2n) is 3.58. The van der Waals surface area contributed by atoms with Gasteiger partial charge in [-0.05, 0) is 13.8 Å². The van der Waals surface area contributed by atoms with Crippen molar-refractivity contribution >= 4 is 0 Å². The van der Waals surface area contributed by atoms with Crippen molar-refractivity contribution < 1.29 is 0 Å². The summed E-state index contributed by atoms with van der Waals surface area (Å²) in [7, 11) is 0. The summed E-state index contributed by atoms with van der Waals surface area (Å²) in [5, 5.41) is 7.71. The van der Waals surface area contributed by atoms with Gasteiger partial charge in [-0.2, -0.15) is 5.10 Å². The van der Waals surface area contributed by atoms with Gasteiger partial charge >= 0.3 is 0 Å². The van der Waals surface area contributed by atoms with Gasteiger partial charge in [0.05, 0.1) is 6.20 Å². The summed E-state index contributed by atoms with van der Waals surface area (Å²) in [6.07, 6.45) is 3.11. The molecule has 1 aliphatic heterocycles. The van der Waals surface area contributed by atoms with Crippen LogP contribution in [0.25, 0.3) is 0 Å². The molecule has 1 aromatic heterocycles. The number of aromatic nitrogens is 2. The van der Waals surface area contributed by atoms with Gasteiger partial charge in [0.2, 0.25) is 0 Å². The van der Waals surface area contributed by atoms with Crippen LogP contribution in [0, 0.1) is 0 Å². The van der Waals surface area contributed by atoms with Crippen LogP contribution in [0.3, 0.4) is 0 Å². The molecule has 2 heterocycles. The maximum absolute atomic E-state index is 4.37. The Morgan fingerprint density at radius 3 is 3.17 bits per heavy atom. The number of fused-ring (bicyclic) bond motifs is 1. The van der Waals surface area contributed by atoms with Crippen molar-refractivity contribution in [3.05, 3.63) is 17.5 Å². The molecule has 66 valence electrons. The first-order valence-corrected chi connectivity index (χ1v) is 4.55. The summed E-state index contributed by atoms with van der Waals surface area (Å²) in [5.41, 5.74) is 2.79. The van der Waals surface area contributed by atoms with Gasteiger partial charge in [-0.15, -0.1) is 0 Å². The number of nitrogens with one attached hydrogen (secondary N) is 1. The number of hydrogen-bond donors (Lipinski definition) is 1. The minimum atomic E-state index is 0.492. The van der Waals surface area contributed by atoms with Crippen LogP contribution >= 0.6 is 0 Å². The van der Waals surface area contributed by atoms with E-state index >= 15 is 0 Å². The minimum absolute atomic E-state index is 0.492. The first-order chi connectivity index (χ1) is 5.79. The molecule has 1 N–H and O–H groups in total. The summed E-state index contributed by atoms with van der Waals surface area (Å²) in [6, 6.07) is 0.492. The zero-order chi connectivity index (χ0) is 8.55. The van der Waals surface area contributed by atoms with Crippen LogP contribution in [0.2, 0.25) is 0 Å². The van der Waals surface area contributed by atoms with E-state index < -0.39 is 0 Å². The highest BCUT2D eigenvalue weighted by Crippen LogP contribution is 2.16. The summed E-state index contributed by atoms with van der Waals surface area (Å²) in [5.74, 6) is 0. The van der Waals surface area contributed by atoms with Gasteiger partial charge in [-0.25, -0.2) is 0 Å². The molecule has 0 saturated carbocycles. The normalized spacial score (nSPS) is 16.6. The third-order valence-electron chi connectivity index (χ3n) is 2.33. The SMILES string of the molecule is CC(C)n1ncc2c1CCNC2. The van der Waals surface area contributed by atoms with Crippen LogP contribution in [0.4, 0.5) is 0 Å². The second kappa shape index (κ2) is 2.90. The van der Waals surface area contributed by atoms with Crippen LogP contribution in [-0.2, 0) is 13.0 Å². The fourth-order valence-corrected chi connectivity index (χ4v) is 1.72. The highest BCUT2D eigenvalue weighted by molar-refractivity contribution is 5.20. The predicted octanol–water partition coefficient (Wildman–Crippen LogP) is 1.11. The van der Waals surface area contributed by atoms with Crippen LogP contribution in [0.1, 0.15) is 31.1 Å². The van der Waals surface area contributed by atoms with Crippen molar-refractivity contribution in [2.45, 2.75) is 32.9 Å². The lowest BCUT2D eigenvalue weighted by atomic mass is 10.1. The molecule has 2 rings (SSSR count). The van der Waals surface area contributed by atoms with E-state index in [-0.39, 0.29) is 0 Å². The topological polar surface area (TPSA) is 29.9 Å². The average Bonchev–Trinajstić information content (AvgIpc) is 2.47. The molecular formula is C9H15N3. The number of nitrogens with zero attached hydrogens (tertiary/aromatic N) is 2. The van der Waals surface area contributed by atoms with Crippen molar-refractivity contribution in [3.8, 4) is 0 Å². The van der Waals surface area contributed by atoms with E-state index in [1.807, 2.05) is 6.20 Å². The van der Waals surface area contributed by atoms with Crippen LogP contribution < -0.4 is 5.32 Å². The Morgan fingerprint density at radius 2 is 2.42 bits per heavy atom. The predicted molar refractivity (Wildman–Crippen MR) is 48.0 cm³/mol. The Labute approximate surface area is 72.8 Å². The van der Waals surface area contributed by atoms with Gasteiger partial charge in [0.15, 0.2) is 0 Å². The zero-order valence-electron chi connectivity index (χ0n) is 7.67. The van der Waals surface area contributed by atoms with Crippen molar-refractivity contribution in [3.63, 3.8) is 0 Å². The lowest BCUT2D eigenvalue weighted by Crippen LogP contribution is -2.25. The highest BCUT2D eigenvalue weighted by Gasteiger charge is 2.15. The molecule has 0 atom stereocenters. The molecule has 0 aromatic carbocycles. The largest absolute Gasteiger partial charge is 0.312 e. The maximum Gasteiger partial charge on any atom is 0.0537 e. The highest BCUT2D eigenvalue weighted by atomic mass is 15.3. The van der Waals surface area contributed by atoms with Crippen molar-refractivity contribution in [2.75, 3.05) is 6.54 Å². The molecule has 0 saturated heterocycles. The van der Waals surface area contributed by atoms with Gasteiger partial charge in [0.1, 0.15) is 0 Å². The van der Waals surface area contributed by atoms with Crippen molar-refractivity contribution in [1.29, 1.82) is 0 Å². The Kier molecular flexibility index (Phi) is 1.89. The van der Waals surface area contributed by atoms with Crippen LogP contribution in [0.15, 0.2) is 6.20 Å². The second-order valence-corrected chi connectivity index (χ2v) is 3.58. The zero-order valence-corrected chi connectivity index (χ0v) is 7.67. The summed E-state index contributed by atoms with van der Waals surface area (Å²) >= 11 is 0. The van der Waals surface area contributed by atoms with E-state index in [1.54, 1.807) is 0 Å². The fourth-order valence-electron chi connectivity index (χ4n) is 1.72. The Morgan fingerprint density at radius 1 is 1.58 bits per heavy atom. The quantitative estimate of drug-likeness (QED) is 0.675. The Hall–Kier alpha value is -0.830. The van der Waals surface area contributed by atoms with Gasteiger partial charge in [-0.1, -0.05) is 0 Å². The van der Waals surface area contributed by atoms with Gasteiger partial charge in [-0.3, -0.25) is 4.68 Å². The van der Waals surface area contributed by atoms with E-state index in [2.05, 4.69) is 28.9 Å². The van der Waals surface area contributed by atoms with Gasteiger partial charge in [0, 0.05) is 36.8 Å². The molecule has 3 nitrogen and oxygen atoms in total. The number of hydrogen-bond acceptors (Lipinski definition) is 2. The Bertz CT molecular complexity index is 275. The van der Waals surface area contributed by atoms with E-state index in [4.69, 9.17) is 0 Å². The molecular weight excluding hydrogens is 150 g/mol. The molecule has 0 amide bonds. The monoisotopic (exact) mass is 165 g/mol. The molecule has 1 aliphatic rings. The lowest BCUT2D eigenvalue weighted by molar-refractivity contribution is 0.493. The first kappa shape index (κ1) is 7.80. The maximum atomic E-state index is 4.37. The van der Waals surface area contributed by atoms with E-state index in [0.717, 1.165) is 19.5 Å². The molecule has 1 aromatic rings. The molecule has 0 radical (unpaired) electrons. The fraction of sp³-hybridized carbons (Fsp3) is 0.667. The first-order valence-electron chi connectivity index (χ1n) is 4.55. The molecule has 12 heavy (non-hydrogen) atoms. The standard InChI is InChI=1S/C9H15N3/c1-7(2)12-9-3-4-10-5-8(9)6-11-12/h6-7,10H,3-5H2,1-2H3. The Balaban J connectivity index is 2.38. The van der Waals surface area contributed by atoms with Gasteiger partial charge in [0.25, 0.3) is 0 Å². The molecule has 0 unspecified atom stereocenters. The molecule has 3 heteroatoms. The third kappa shape index (κ3) is 1.14. The average molecular weight is 165 g/mol. The summed E-state index contributed by atoms with van der Waals surface area (Å²) < 4.78 is 2.14. The number of rotatable bonds is 1. The smallest absolute Gasteiger partial charge is 0.0537 e. The third-order valence-corrected chi connectivity index (χ3v) is 2.33. The lowest BCUT2D eigenvalue weighted by Gasteiger charge is -2.16. The minimum Gasteiger partial charge on any atom is -0.312 e. The summed E-state index contributed by atoms with van der Waals surface area (Å²) in [4.78, 5) is 0.